The van der Waals surface area contributed by atoms with Crippen LogP contribution in [0.15, 0.2) is 241 Å². The van der Waals surface area contributed by atoms with Crippen molar-refractivity contribution >= 4 is 50.8 Å². The van der Waals surface area contributed by atoms with Crippen molar-refractivity contribution < 1.29 is 38.1 Å². The highest BCUT2D eigenvalue weighted by Gasteiger charge is 2.33. The van der Waals surface area contributed by atoms with E-state index in [1.165, 1.54) is 29.0 Å². The molecule has 0 bridgehead atoms. The maximum Gasteiger partial charge on any atom is 0.334 e. The number of carbonyl (C=O) groups excluding carboxylic acids is 3. The molecule has 12 aromatic rings. The molecule has 3 saturated heterocycles. The summed E-state index contributed by atoms with van der Waals surface area (Å²) in [5, 5.41) is 9.71. The van der Waals surface area contributed by atoms with Gasteiger partial charge in [-0.1, -0.05) is 62.2 Å². The first kappa shape index (κ1) is 70.1. The molecule has 24 nitrogen and oxygen atoms in total. The first-order valence-corrected chi connectivity index (χ1v) is 34.2. The van der Waals surface area contributed by atoms with Gasteiger partial charge >= 0.3 is 17.1 Å². The number of likely N-dealkylation sites (tertiary alicyclic amines) is 3. The molecule has 3 atom stereocenters. The molecule has 3 amide bonds. The van der Waals surface area contributed by atoms with Gasteiger partial charge in [0.1, 0.15) is 34.6 Å². The zero-order valence-corrected chi connectivity index (χ0v) is 58.4. The van der Waals surface area contributed by atoms with Crippen molar-refractivity contribution in [3.63, 3.8) is 0 Å². The van der Waals surface area contributed by atoms with Gasteiger partial charge in [-0.15, -0.1) is 0 Å². The number of aryl methyl sites for hydroxylation is 2. The molecule has 6 aromatic carbocycles. The number of benzene rings is 6. The molecule has 6 aromatic heterocycles. The van der Waals surface area contributed by atoms with Crippen molar-refractivity contribution in [3.8, 4) is 69.1 Å². The van der Waals surface area contributed by atoms with E-state index in [2.05, 4.69) is 40.8 Å². The number of nitriles is 1. The number of fused-ring (bicyclic) bond motifs is 3. The zero-order valence-electron chi connectivity index (χ0n) is 58.4. The van der Waals surface area contributed by atoms with E-state index >= 15 is 0 Å². The molecule has 9 heterocycles. The Kier molecular flexibility index (Phi) is 20.6. The lowest BCUT2D eigenvalue weighted by Crippen LogP contribution is -2.42. The van der Waals surface area contributed by atoms with Gasteiger partial charge in [0.15, 0.2) is 28.7 Å². The van der Waals surface area contributed by atoms with E-state index in [1.54, 1.807) is 107 Å². The van der Waals surface area contributed by atoms with Crippen LogP contribution in [0.3, 0.4) is 0 Å². The summed E-state index contributed by atoms with van der Waals surface area (Å²) >= 11 is 0. The lowest BCUT2D eigenvalue weighted by atomic mass is 10.1. The van der Waals surface area contributed by atoms with Gasteiger partial charge in [0.2, 0.25) is 17.7 Å². The highest BCUT2D eigenvalue weighted by Crippen LogP contribution is 2.38. The summed E-state index contributed by atoms with van der Waals surface area (Å²) in [6, 6.07) is 49.7. The second-order valence-electron chi connectivity index (χ2n) is 25.3. The number of rotatable bonds is 17. The molecule has 0 spiro atoms. The maximum atomic E-state index is 13.8. The van der Waals surface area contributed by atoms with Crippen molar-refractivity contribution in [1.29, 1.82) is 5.26 Å². The van der Waals surface area contributed by atoms with Gasteiger partial charge in [0.05, 0.1) is 89.4 Å². The van der Waals surface area contributed by atoms with Crippen LogP contribution >= 0.6 is 0 Å². The fraction of sp³-hybridized carbons (Fsp3) is 0.210. The summed E-state index contributed by atoms with van der Waals surface area (Å²) in [5.74, 6) is 4.81. The number of methoxy groups -OCH3 is 2. The number of carbonyl (C=O) groups is 3. The Labute approximate surface area is 603 Å². The third-order valence-corrected chi connectivity index (χ3v) is 19.0. The second-order valence-corrected chi connectivity index (χ2v) is 25.3. The van der Waals surface area contributed by atoms with Crippen molar-refractivity contribution in [2.24, 2.45) is 0 Å². The van der Waals surface area contributed by atoms with E-state index in [0.717, 1.165) is 35.0 Å². The summed E-state index contributed by atoms with van der Waals surface area (Å²) in [4.78, 5) is 95.3. The molecule has 24 heteroatoms. The van der Waals surface area contributed by atoms with Gasteiger partial charge in [0, 0.05) is 57.9 Å². The topological polar surface area (TPSA) is 250 Å². The van der Waals surface area contributed by atoms with Crippen molar-refractivity contribution in [2.75, 3.05) is 53.5 Å². The Hall–Kier alpha value is -13.3. The van der Waals surface area contributed by atoms with Crippen LogP contribution in [0, 0.1) is 25.2 Å². The number of amides is 3. The number of nitrogens with zero attached hydrogens (tertiary/aromatic N) is 13. The predicted molar refractivity (Wildman–Crippen MR) is 399 cm³/mol. The van der Waals surface area contributed by atoms with E-state index < -0.39 is 0 Å². The fourth-order valence-electron chi connectivity index (χ4n) is 14.0. The van der Waals surface area contributed by atoms with Crippen LogP contribution in [0.2, 0.25) is 0 Å². The Morgan fingerprint density at radius 1 is 0.457 bits per heavy atom. The number of piperidine rings is 1. The largest absolute Gasteiger partial charge is 0.493 e. The summed E-state index contributed by atoms with van der Waals surface area (Å²) in [7, 11) is 3.23. The molecule has 0 radical (unpaired) electrons. The molecular weight excluding hydrogens is 1330 g/mol. The van der Waals surface area contributed by atoms with Crippen molar-refractivity contribution in [1.82, 2.24) is 57.1 Å². The highest BCUT2D eigenvalue weighted by molar-refractivity contribution is 5.89. The molecule has 0 aliphatic carbocycles. The quantitative estimate of drug-likeness (QED) is 0.0769. The molecule has 0 unspecified atom stereocenters. The predicted octanol–water partition coefficient (Wildman–Crippen LogP) is 12.7. The molecule has 15 rings (SSSR count). The lowest BCUT2D eigenvalue weighted by molar-refractivity contribution is -0.127. The van der Waals surface area contributed by atoms with Crippen LogP contribution < -0.4 is 40.8 Å². The van der Waals surface area contributed by atoms with E-state index in [9.17, 15) is 34.0 Å². The van der Waals surface area contributed by atoms with Crippen LogP contribution in [-0.4, -0.2) is 128 Å². The number of para-hydroxylation sites is 3. The average molecular weight is 1410 g/mol. The van der Waals surface area contributed by atoms with Gasteiger partial charge in [-0.3, -0.25) is 51.8 Å². The van der Waals surface area contributed by atoms with Gasteiger partial charge in [-0.2, -0.15) is 5.26 Å². The summed E-state index contributed by atoms with van der Waals surface area (Å²) < 4.78 is 39.0. The Morgan fingerprint density at radius 2 is 0.857 bits per heavy atom. The monoisotopic (exact) mass is 1410 g/mol. The van der Waals surface area contributed by atoms with Gasteiger partial charge in [-0.05, 0) is 184 Å². The fourth-order valence-corrected chi connectivity index (χ4v) is 14.0. The molecule has 3 aliphatic rings. The van der Waals surface area contributed by atoms with E-state index in [4.69, 9.17) is 23.7 Å². The number of imidazole rings is 3. The minimum Gasteiger partial charge on any atom is -0.493 e. The third kappa shape index (κ3) is 14.1. The molecule has 3 aliphatic heterocycles. The summed E-state index contributed by atoms with van der Waals surface area (Å²) in [6.07, 6.45) is 15.2. The minimum absolute atomic E-state index is 0.112. The van der Waals surface area contributed by atoms with Crippen molar-refractivity contribution in [3.05, 3.63) is 275 Å². The summed E-state index contributed by atoms with van der Waals surface area (Å²) in [5.41, 5.74) is 7.56. The van der Waals surface area contributed by atoms with E-state index in [1.807, 2.05) is 141 Å². The number of hydrogen-bond acceptors (Lipinski definition) is 15. The minimum atomic E-state index is -0.283. The summed E-state index contributed by atoms with van der Waals surface area (Å²) in [6.45, 7) is 17.8. The van der Waals surface area contributed by atoms with Crippen LogP contribution in [0.25, 0.3) is 50.2 Å². The Balaban J connectivity index is 0.000000140. The molecule has 105 heavy (non-hydrogen) atoms. The van der Waals surface area contributed by atoms with Crippen LogP contribution in [0.1, 0.15) is 60.6 Å². The number of pyridine rings is 3. The molecule has 530 valence electrons. The van der Waals surface area contributed by atoms with Gasteiger partial charge < -0.3 is 38.4 Å². The first-order valence-electron chi connectivity index (χ1n) is 34.2. The normalized spacial score (nSPS) is 15.4. The number of hydrogen-bond donors (Lipinski definition) is 0. The number of aromatic nitrogens is 9. The van der Waals surface area contributed by atoms with Crippen LogP contribution in [-0.2, 0) is 14.4 Å². The molecular formula is C81H75N13O11. The Morgan fingerprint density at radius 3 is 1.30 bits per heavy atom. The Bertz CT molecular complexity index is 5510. The standard InChI is InChI=1S/C28H28N4O4.C27H26N4O4.C26H21N5O3/c1-4-26(33)30-16-6-8-21(18-30)32-23-14-15-29-17-24(23)31(28(32)34)20-10-12-22(13-11-20)36-25-9-5-7-19(2)27(25)35-3;1-4-25(32)29-15-13-20(17-29)31-22-12-14-28-16-23(22)30(27(31)33)19-8-10-21(11-9-19)35-24-7-5-6-18(2)26(24)34-3;1-2-24(32)29-15-13-19(17-29)30-23-12-14-28-22(16-27)25(23)31(26(30)33)18-8-10-21(11-9-18)34-20-6-4-3-5-7-20/h4-5,7,9-15,17,21H,1,6,8,16,18H2,2-3H3;4-12,14,16,20H,1,13,15,17H2,2-3H3;2-12,14,19H,1,13,15,17H2/t21-;20-;19-/m111/s1. The van der Waals surface area contributed by atoms with Crippen molar-refractivity contribution in [2.45, 2.75) is 57.7 Å². The van der Waals surface area contributed by atoms with E-state index in [-0.39, 0.29) is 58.6 Å². The maximum absolute atomic E-state index is 13.8. The first-order chi connectivity index (χ1) is 51.1. The van der Waals surface area contributed by atoms with Gasteiger partial charge in [-0.25, -0.2) is 19.4 Å². The molecule has 0 saturated carbocycles. The second kappa shape index (κ2) is 30.9. The lowest BCUT2D eigenvalue weighted by Gasteiger charge is -2.32. The molecule has 3 fully saturated rings. The number of ether oxygens (including phenoxy) is 5. The van der Waals surface area contributed by atoms with Crippen LogP contribution in [0.4, 0.5) is 0 Å². The van der Waals surface area contributed by atoms with Crippen LogP contribution in [0.5, 0.6) is 46.0 Å². The smallest absolute Gasteiger partial charge is 0.334 e. The van der Waals surface area contributed by atoms with Gasteiger partial charge in [0.25, 0.3) is 0 Å². The average Bonchev–Trinajstić information content (AvgIpc) is 1.61. The highest BCUT2D eigenvalue weighted by atomic mass is 16.5. The SMILES string of the molecule is C=CC(=O)N1CCC[C@@H](n2c(=O)n(-c3ccc(Oc4cccc(C)c4OC)cc3)c3cnccc32)C1.C=CC(=O)N1CC[C@@H](n2c(=O)n(-c3ccc(Oc4cccc(C)c4OC)cc3)c3cnccc32)C1.C=CC(=O)N1CC[C@@H](n2c(=O)n(-c3ccc(Oc4ccccc4)cc3)c3c(C#N)nccc32)C1. The molecule has 0 N–H and O–H groups in total. The zero-order chi connectivity index (χ0) is 73.4. The van der Waals surface area contributed by atoms with E-state index in [0.29, 0.717) is 137 Å². The third-order valence-electron chi connectivity index (χ3n) is 19.0.